The zero-order valence-corrected chi connectivity index (χ0v) is 14.9. The van der Waals surface area contributed by atoms with Crippen LogP contribution in [0.3, 0.4) is 0 Å². The maximum Gasteiger partial charge on any atom is 2.00 e. The largest absolute Gasteiger partial charge is 2.00 e. The molecule has 0 aliphatic heterocycles. The summed E-state index contributed by atoms with van der Waals surface area (Å²) in [5.74, 6) is 0.930. The van der Waals surface area contributed by atoms with Crippen molar-refractivity contribution in [1.82, 2.24) is 0 Å². The van der Waals surface area contributed by atoms with Gasteiger partial charge in [0, 0.05) is 0 Å². The van der Waals surface area contributed by atoms with Gasteiger partial charge in [-0.15, -0.1) is 5.56 Å². The average Bonchev–Trinajstić information content (AvgIpc) is 2.45. The first-order valence-corrected chi connectivity index (χ1v) is 6.55. The van der Waals surface area contributed by atoms with Gasteiger partial charge in [-0.1, -0.05) is 25.5 Å². The third-order valence-corrected chi connectivity index (χ3v) is 2.92. The first kappa shape index (κ1) is 19.5. The summed E-state index contributed by atoms with van der Waals surface area (Å²) in [6, 6.07) is 19.3. The van der Waals surface area contributed by atoms with E-state index in [4.69, 9.17) is 4.74 Å². The molecule has 0 aliphatic carbocycles. The number of rotatable bonds is 6. The van der Waals surface area contributed by atoms with Gasteiger partial charge in [-0.2, -0.15) is 30.3 Å². The molecule has 0 saturated heterocycles. The summed E-state index contributed by atoms with van der Waals surface area (Å²) >= 11 is 0. The molecule has 0 saturated carbocycles. The Labute approximate surface area is 148 Å². The third-order valence-electron chi connectivity index (χ3n) is 2.92. The van der Waals surface area contributed by atoms with Crippen molar-refractivity contribution in [2.24, 2.45) is 0 Å². The fourth-order valence-corrected chi connectivity index (χ4v) is 1.82. The Kier molecular flexibility index (Phi) is 10.9. The van der Waals surface area contributed by atoms with Gasteiger partial charge < -0.3 is 21.7 Å². The van der Waals surface area contributed by atoms with Gasteiger partial charge in [0.2, 0.25) is 0 Å². The molecule has 20 heavy (non-hydrogen) atoms. The van der Waals surface area contributed by atoms with Crippen LogP contribution in [0.25, 0.3) is 0 Å². The minimum Gasteiger partial charge on any atom is -1.00 e. The van der Waals surface area contributed by atoms with Gasteiger partial charge in [-0.3, -0.25) is 0 Å². The second-order valence-electron chi connectivity index (χ2n) is 4.45. The van der Waals surface area contributed by atoms with E-state index in [0.717, 1.165) is 17.7 Å². The molecule has 0 radical (unpaired) electrons. The summed E-state index contributed by atoms with van der Waals surface area (Å²) in [7, 11) is 0. The second-order valence-corrected chi connectivity index (χ2v) is 4.45. The molecule has 0 N–H and O–H groups in total. The zero-order chi connectivity index (χ0) is 12.6. The normalized spacial score (nSPS) is 9.25. The molecule has 0 amide bonds. The second kappa shape index (κ2) is 11.2. The summed E-state index contributed by atoms with van der Waals surface area (Å²) in [4.78, 5) is 0. The molecular formula is C17H19BrMgO. The molecule has 0 aromatic heterocycles. The Balaban J connectivity index is 0.00000180. The minimum absolute atomic E-state index is 0. The van der Waals surface area contributed by atoms with Crippen LogP contribution in [0.2, 0.25) is 0 Å². The van der Waals surface area contributed by atoms with E-state index in [-0.39, 0.29) is 40.0 Å². The van der Waals surface area contributed by atoms with Crippen LogP contribution in [0.15, 0.2) is 48.5 Å². The zero-order valence-electron chi connectivity index (χ0n) is 11.9. The molecule has 0 unspecified atom stereocenters. The van der Waals surface area contributed by atoms with E-state index in [2.05, 4.69) is 37.3 Å². The predicted octanol–water partition coefficient (Wildman–Crippen LogP) is 1.03. The van der Waals surface area contributed by atoms with Crippen LogP contribution < -0.4 is 21.7 Å². The van der Waals surface area contributed by atoms with Gasteiger partial charge in [-0.05, 0) is 30.5 Å². The first-order valence-electron chi connectivity index (χ1n) is 6.55. The smallest absolute Gasteiger partial charge is 1.00 e. The number of hydrogen-bond donors (Lipinski definition) is 0. The van der Waals surface area contributed by atoms with Gasteiger partial charge in [0.1, 0.15) is 5.75 Å². The molecule has 2 rings (SSSR count). The molecule has 2 aromatic rings. The molecule has 3 heteroatoms. The molecule has 0 fully saturated rings. The quantitative estimate of drug-likeness (QED) is 0.562. The fourth-order valence-electron chi connectivity index (χ4n) is 1.82. The van der Waals surface area contributed by atoms with Crippen molar-refractivity contribution in [3.05, 3.63) is 65.7 Å². The first-order chi connectivity index (χ1) is 8.88. The number of halogens is 1. The van der Waals surface area contributed by atoms with Crippen LogP contribution in [0, 0.1) is 6.07 Å². The monoisotopic (exact) mass is 342 g/mol. The average molecular weight is 344 g/mol. The summed E-state index contributed by atoms with van der Waals surface area (Å²) in [5, 5.41) is 0. The van der Waals surface area contributed by atoms with Crippen LogP contribution >= 0.6 is 0 Å². The molecule has 0 bridgehead atoms. The molecule has 0 aliphatic rings. The van der Waals surface area contributed by atoms with Gasteiger partial charge in [-0.25, -0.2) is 0 Å². The fraction of sp³-hybridized carbons (Fsp3) is 0.294. The molecule has 0 atom stereocenters. The van der Waals surface area contributed by atoms with E-state index in [1.54, 1.807) is 0 Å². The van der Waals surface area contributed by atoms with E-state index in [0.29, 0.717) is 6.61 Å². The van der Waals surface area contributed by atoms with Crippen LogP contribution in [-0.2, 0) is 13.0 Å². The summed E-state index contributed by atoms with van der Waals surface area (Å²) in [6.45, 7) is 2.82. The van der Waals surface area contributed by atoms with Crippen molar-refractivity contribution >= 4 is 23.1 Å². The molecule has 0 spiro atoms. The van der Waals surface area contributed by atoms with Crippen LogP contribution in [0.1, 0.15) is 30.9 Å². The molecule has 102 valence electrons. The summed E-state index contributed by atoms with van der Waals surface area (Å²) in [5.41, 5.74) is 2.53. The third kappa shape index (κ3) is 6.77. The summed E-state index contributed by atoms with van der Waals surface area (Å²) in [6.07, 6.45) is 3.65. The predicted molar refractivity (Wildman–Crippen MR) is 80.4 cm³/mol. The summed E-state index contributed by atoms with van der Waals surface area (Å²) < 4.78 is 5.73. The van der Waals surface area contributed by atoms with Crippen LogP contribution in [0.5, 0.6) is 5.75 Å². The number of benzene rings is 2. The van der Waals surface area contributed by atoms with E-state index in [9.17, 15) is 0 Å². The maximum absolute atomic E-state index is 5.73. The van der Waals surface area contributed by atoms with Crippen molar-refractivity contribution in [1.29, 1.82) is 0 Å². The van der Waals surface area contributed by atoms with Gasteiger partial charge >= 0.3 is 23.1 Å². The minimum atomic E-state index is 0. The standard InChI is InChI=1S/C17H19O.BrH.Mg/c1-2-3-7-15-10-12-17(13-11-15)18-14-16-8-5-4-6-9-16;;/h4-5,8-13H,2-3,7,14H2,1H3;1H;/q-1;;+2/p-1. The Hall–Kier alpha value is -0.514. The van der Waals surface area contributed by atoms with Crippen molar-refractivity contribution < 1.29 is 21.7 Å². The van der Waals surface area contributed by atoms with E-state index in [1.807, 2.05) is 24.3 Å². The van der Waals surface area contributed by atoms with E-state index < -0.39 is 0 Å². The Morgan fingerprint density at radius 3 is 2.40 bits per heavy atom. The van der Waals surface area contributed by atoms with E-state index >= 15 is 0 Å². The van der Waals surface area contributed by atoms with E-state index in [1.165, 1.54) is 18.4 Å². The topological polar surface area (TPSA) is 9.23 Å². The number of unbranched alkanes of at least 4 members (excludes halogenated alkanes) is 1. The SMILES string of the molecule is CCCCc1ccc(OCc2c[c-]ccc2)cc1.[Br-].[Mg+2]. The molecule has 2 aromatic carbocycles. The van der Waals surface area contributed by atoms with Crippen LogP contribution in [-0.4, -0.2) is 23.1 Å². The number of hydrogen-bond acceptors (Lipinski definition) is 1. The Morgan fingerprint density at radius 1 is 1.05 bits per heavy atom. The van der Waals surface area contributed by atoms with Crippen molar-refractivity contribution in [3.8, 4) is 5.75 Å². The molecule has 0 heterocycles. The number of aryl methyl sites for hydroxylation is 1. The van der Waals surface area contributed by atoms with Crippen molar-refractivity contribution in [3.63, 3.8) is 0 Å². The number of ether oxygens (including phenoxy) is 1. The van der Waals surface area contributed by atoms with Crippen LogP contribution in [0.4, 0.5) is 0 Å². The van der Waals surface area contributed by atoms with Gasteiger partial charge in [0.05, 0.1) is 6.61 Å². The molecule has 1 nitrogen and oxygen atoms in total. The van der Waals surface area contributed by atoms with Crippen molar-refractivity contribution in [2.75, 3.05) is 0 Å². The Bertz CT molecular complexity index is 456. The molecular weight excluding hydrogens is 324 g/mol. The van der Waals surface area contributed by atoms with Gasteiger partial charge in [0.15, 0.2) is 0 Å². The van der Waals surface area contributed by atoms with Crippen molar-refractivity contribution in [2.45, 2.75) is 32.8 Å². The maximum atomic E-state index is 5.73. The van der Waals surface area contributed by atoms with Gasteiger partial charge in [0.25, 0.3) is 0 Å². The Morgan fingerprint density at radius 2 is 1.80 bits per heavy atom.